The van der Waals surface area contributed by atoms with Crippen LogP contribution in [-0.2, 0) is 0 Å². The van der Waals surface area contributed by atoms with Crippen LogP contribution in [-0.4, -0.2) is 32.9 Å². The highest BCUT2D eigenvalue weighted by Gasteiger charge is 1.93. The Kier molecular flexibility index (Phi) is 5.88. The van der Waals surface area contributed by atoms with Gasteiger partial charge in [0.2, 0.25) is 0 Å². The number of nitrogens with one attached hydrogen (secondary N) is 2. The molecule has 56 valence electrons. The molecular formula is C6H15FN2. The lowest BCUT2D eigenvalue weighted by Gasteiger charge is -2.03. The lowest BCUT2D eigenvalue weighted by Crippen LogP contribution is -2.28. The average molecular weight is 134 g/mol. The number of likely N-dealkylation sites (N-methyl/N-ethyl adjacent to an activating group) is 1. The van der Waals surface area contributed by atoms with Gasteiger partial charge in [-0.15, -0.1) is 0 Å². The van der Waals surface area contributed by atoms with E-state index in [0.717, 1.165) is 13.1 Å². The van der Waals surface area contributed by atoms with Crippen LogP contribution in [0.3, 0.4) is 0 Å². The third-order valence-corrected chi connectivity index (χ3v) is 0.977. The van der Waals surface area contributed by atoms with Crippen molar-refractivity contribution in [2.75, 3.05) is 26.7 Å². The normalized spacial score (nSPS) is 13.7. The molecule has 0 aromatic heterocycles. The van der Waals surface area contributed by atoms with E-state index in [-0.39, 0.29) is 0 Å². The van der Waals surface area contributed by atoms with Crippen molar-refractivity contribution in [3.8, 4) is 0 Å². The fourth-order valence-corrected chi connectivity index (χ4v) is 0.514. The second kappa shape index (κ2) is 5.98. The van der Waals surface area contributed by atoms with Gasteiger partial charge in [-0.25, -0.2) is 4.39 Å². The maximum atomic E-state index is 12.0. The molecule has 0 rings (SSSR count). The van der Waals surface area contributed by atoms with Gasteiger partial charge in [0.25, 0.3) is 0 Å². The summed E-state index contributed by atoms with van der Waals surface area (Å²) in [7, 11) is 1.88. The lowest BCUT2D eigenvalue weighted by molar-refractivity contribution is 0.345. The minimum absolute atomic E-state index is 0.460. The Bertz CT molecular complexity index is 57.0. The number of alkyl halides is 1. The SMILES string of the molecule is CNCCNCC(C)F. The van der Waals surface area contributed by atoms with Crippen LogP contribution < -0.4 is 10.6 Å². The Labute approximate surface area is 55.8 Å². The Hall–Kier alpha value is -0.150. The van der Waals surface area contributed by atoms with Gasteiger partial charge in [0.05, 0.1) is 0 Å². The molecule has 1 atom stereocenters. The molecular weight excluding hydrogens is 119 g/mol. The molecule has 0 radical (unpaired) electrons. The van der Waals surface area contributed by atoms with Gasteiger partial charge in [-0.05, 0) is 14.0 Å². The molecule has 0 aliphatic rings. The van der Waals surface area contributed by atoms with E-state index >= 15 is 0 Å². The summed E-state index contributed by atoms with van der Waals surface area (Å²) in [5.74, 6) is 0. The van der Waals surface area contributed by atoms with Crippen LogP contribution in [0, 0.1) is 0 Å². The van der Waals surface area contributed by atoms with Crippen molar-refractivity contribution in [1.82, 2.24) is 10.6 Å². The summed E-state index contributed by atoms with van der Waals surface area (Å²) >= 11 is 0. The molecule has 0 aromatic rings. The maximum absolute atomic E-state index is 12.0. The summed E-state index contributed by atoms with van der Waals surface area (Å²) in [6.07, 6.45) is -0.734. The molecule has 2 nitrogen and oxygen atoms in total. The Balaban J connectivity index is 2.75. The van der Waals surface area contributed by atoms with E-state index in [2.05, 4.69) is 10.6 Å². The molecule has 0 fully saturated rings. The molecule has 3 heteroatoms. The first-order chi connectivity index (χ1) is 4.27. The number of hydrogen-bond acceptors (Lipinski definition) is 2. The first kappa shape index (κ1) is 8.85. The van der Waals surface area contributed by atoms with E-state index in [0.29, 0.717) is 6.54 Å². The molecule has 0 aliphatic carbocycles. The van der Waals surface area contributed by atoms with E-state index in [1.807, 2.05) is 7.05 Å². The van der Waals surface area contributed by atoms with Gasteiger partial charge >= 0.3 is 0 Å². The van der Waals surface area contributed by atoms with Crippen LogP contribution in [0.1, 0.15) is 6.92 Å². The quantitative estimate of drug-likeness (QED) is 0.523. The van der Waals surface area contributed by atoms with E-state index in [4.69, 9.17) is 0 Å². The maximum Gasteiger partial charge on any atom is 0.110 e. The molecule has 0 amide bonds. The lowest BCUT2D eigenvalue weighted by atomic mass is 10.4. The number of rotatable bonds is 5. The van der Waals surface area contributed by atoms with Gasteiger partial charge in [0.15, 0.2) is 0 Å². The van der Waals surface area contributed by atoms with E-state index in [1.54, 1.807) is 6.92 Å². The largest absolute Gasteiger partial charge is 0.318 e. The van der Waals surface area contributed by atoms with Gasteiger partial charge in [-0.3, -0.25) is 0 Å². The van der Waals surface area contributed by atoms with Crippen LogP contribution >= 0.6 is 0 Å². The van der Waals surface area contributed by atoms with Crippen LogP contribution in [0.4, 0.5) is 4.39 Å². The fourth-order valence-electron chi connectivity index (χ4n) is 0.514. The zero-order chi connectivity index (χ0) is 7.11. The van der Waals surface area contributed by atoms with Crippen molar-refractivity contribution in [3.05, 3.63) is 0 Å². The summed E-state index contributed by atoms with van der Waals surface area (Å²) in [6, 6.07) is 0. The second-order valence-corrected chi connectivity index (χ2v) is 2.09. The minimum Gasteiger partial charge on any atom is -0.318 e. The van der Waals surface area contributed by atoms with Gasteiger partial charge < -0.3 is 10.6 Å². The highest BCUT2D eigenvalue weighted by Crippen LogP contribution is 1.81. The molecule has 2 N–H and O–H groups in total. The summed E-state index contributed by atoms with van der Waals surface area (Å²) in [4.78, 5) is 0. The zero-order valence-corrected chi connectivity index (χ0v) is 6.08. The van der Waals surface area contributed by atoms with Crippen molar-refractivity contribution in [2.45, 2.75) is 13.1 Å². The summed E-state index contributed by atoms with van der Waals surface area (Å²) in [5, 5.41) is 5.90. The Morgan fingerprint density at radius 3 is 2.56 bits per heavy atom. The highest BCUT2D eigenvalue weighted by atomic mass is 19.1. The van der Waals surface area contributed by atoms with Crippen molar-refractivity contribution < 1.29 is 4.39 Å². The monoisotopic (exact) mass is 134 g/mol. The number of halogens is 1. The smallest absolute Gasteiger partial charge is 0.110 e. The van der Waals surface area contributed by atoms with Crippen molar-refractivity contribution >= 4 is 0 Å². The molecule has 0 spiro atoms. The molecule has 0 aliphatic heterocycles. The van der Waals surface area contributed by atoms with Gasteiger partial charge in [-0.2, -0.15) is 0 Å². The first-order valence-corrected chi connectivity index (χ1v) is 3.26. The van der Waals surface area contributed by atoms with Crippen molar-refractivity contribution in [3.63, 3.8) is 0 Å². The van der Waals surface area contributed by atoms with Gasteiger partial charge in [-0.1, -0.05) is 0 Å². The highest BCUT2D eigenvalue weighted by molar-refractivity contribution is 4.53. The minimum atomic E-state index is -0.734. The van der Waals surface area contributed by atoms with Gasteiger partial charge in [0.1, 0.15) is 6.17 Å². The predicted molar refractivity (Wildman–Crippen MR) is 37.4 cm³/mol. The molecule has 0 saturated heterocycles. The Morgan fingerprint density at radius 1 is 1.44 bits per heavy atom. The van der Waals surface area contributed by atoms with E-state index in [1.165, 1.54) is 0 Å². The Morgan fingerprint density at radius 2 is 2.11 bits per heavy atom. The van der Waals surface area contributed by atoms with Crippen LogP contribution in [0.2, 0.25) is 0 Å². The first-order valence-electron chi connectivity index (χ1n) is 3.26. The van der Waals surface area contributed by atoms with Crippen molar-refractivity contribution in [2.24, 2.45) is 0 Å². The number of hydrogen-bond donors (Lipinski definition) is 2. The molecule has 1 unspecified atom stereocenters. The molecule has 0 aromatic carbocycles. The van der Waals surface area contributed by atoms with Crippen LogP contribution in [0.15, 0.2) is 0 Å². The molecule has 9 heavy (non-hydrogen) atoms. The zero-order valence-electron chi connectivity index (χ0n) is 6.08. The van der Waals surface area contributed by atoms with Crippen molar-refractivity contribution in [1.29, 1.82) is 0 Å². The predicted octanol–water partition coefficient (Wildman–Crippen LogP) is 0.153. The molecule has 0 heterocycles. The summed E-state index contributed by atoms with van der Waals surface area (Å²) < 4.78 is 12.0. The second-order valence-electron chi connectivity index (χ2n) is 2.09. The van der Waals surface area contributed by atoms with Gasteiger partial charge in [0, 0.05) is 19.6 Å². The molecule has 0 bridgehead atoms. The standard InChI is InChI=1S/C6H15FN2/c1-6(7)5-9-4-3-8-2/h6,8-9H,3-5H2,1-2H3. The average Bonchev–Trinajstić information content (AvgIpc) is 1.80. The van der Waals surface area contributed by atoms with Crippen LogP contribution in [0.5, 0.6) is 0 Å². The fraction of sp³-hybridized carbons (Fsp3) is 1.00. The van der Waals surface area contributed by atoms with Crippen LogP contribution in [0.25, 0.3) is 0 Å². The summed E-state index contributed by atoms with van der Waals surface area (Å²) in [6.45, 7) is 3.74. The third kappa shape index (κ3) is 7.85. The molecule has 0 saturated carbocycles. The topological polar surface area (TPSA) is 24.1 Å². The van der Waals surface area contributed by atoms with E-state index < -0.39 is 6.17 Å². The summed E-state index contributed by atoms with van der Waals surface area (Å²) in [5.41, 5.74) is 0. The third-order valence-electron chi connectivity index (χ3n) is 0.977. The van der Waals surface area contributed by atoms with E-state index in [9.17, 15) is 4.39 Å².